The first-order valence-corrected chi connectivity index (χ1v) is 17.7. The van der Waals surface area contributed by atoms with Crippen LogP contribution in [0.25, 0.3) is 0 Å². The van der Waals surface area contributed by atoms with Crippen molar-refractivity contribution in [2.75, 3.05) is 6.61 Å². The first kappa shape index (κ1) is 34.3. The predicted octanol–water partition coefficient (Wildman–Crippen LogP) is 9.00. The van der Waals surface area contributed by atoms with Crippen molar-refractivity contribution in [2.45, 2.75) is 82.0 Å². The SMILES string of the molecule is c1ccc(COC[C@@H]2O[C@@]3(CCC[C@@H](c4ccccc4)O3)[C@@H](OCc3ccccc3)[C@H](OCc3ccccc3)[C@H]2OCc2ccccc2)cc1. The molecule has 2 fully saturated rings. The second kappa shape index (κ2) is 17.2. The van der Waals surface area contributed by atoms with E-state index in [0.717, 1.165) is 40.7 Å². The van der Waals surface area contributed by atoms with Gasteiger partial charge in [0.2, 0.25) is 0 Å². The minimum Gasteiger partial charge on any atom is -0.374 e. The molecule has 2 heterocycles. The van der Waals surface area contributed by atoms with Gasteiger partial charge >= 0.3 is 0 Å². The molecule has 50 heavy (non-hydrogen) atoms. The standard InChI is InChI=1S/C44H46O6/c1-6-17-34(18-7-1)29-45-33-40-41(46-30-35-19-8-2-9-20-35)42(47-31-36-21-10-3-11-22-36)43(48-32-37-23-12-4-13-24-37)44(50-40)28-16-27-39(49-44)38-25-14-5-15-26-38/h1-15,17-26,39-43H,16,27-33H2/t39-,40-,41-,42+,43-,44-/m0/s1. The van der Waals surface area contributed by atoms with E-state index in [1.165, 1.54) is 0 Å². The molecule has 5 aromatic carbocycles. The van der Waals surface area contributed by atoms with E-state index in [1.54, 1.807) is 0 Å². The number of hydrogen-bond acceptors (Lipinski definition) is 6. The van der Waals surface area contributed by atoms with Crippen LogP contribution in [0.5, 0.6) is 0 Å². The van der Waals surface area contributed by atoms with Gasteiger partial charge in [-0.15, -0.1) is 0 Å². The highest BCUT2D eigenvalue weighted by Crippen LogP contribution is 2.47. The predicted molar refractivity (Wildman–Crippen MR) is 193 cm³/mol. The Balaban J connectivity index is 1.25. The van der Waals surface area contributed by atoms with Crippen LogP contribution in [-0.4, -0.2) is 36.8 Å². The van der Waals surface area contributed by atoms with Crippen LogP contribution in [0.4, 0.5) is 0 Å². The maximum Gasteiger partial charge on any atom is 0.198 e. The van der Waals surface area contributed by atoms with E-state index in [2.05, 4.69) is 72.8 Å². The molecule has 0 radical (unpaired) electrons. The summed E-state index contributed by atoms with van der Waals surface area (Å²) in [5.74, 6) is -1.09. The fourth-order valence-corrected chi connectivity index (χ4v) is 7.01. The second-order valence-electron chi connectivity index (χ2n) is 13.1. The molecule has 6 nitrogen and oxygen atoms in total. The van der Waals surface area contributed by atoms with Crippen molar-refractivity contribution in [1.29, 1.82) is 0 Å². The van der Waals surface area contributed by atoms with E-state index in [1.807, 2.05) is 78.9 Å². The number of hydrogen-bond donors (Lipinski definition) is 0. The zero-order valence-electron chi connectivity index (χ0n) is 28.4. The van der Waals surface area contributed by atoms with E-state index in [4.69, 9.17) is 28.4 Å². The van der Waals surface area contributed by atoms with E-state index < -0.39 is 30.2 Å². The summed E-state index contributed by atoms with van der Waals surface area (Å²) >= 11 is 0. The van der Waals surface area contributed by atoms with Gasteiger partial charge in [-0.05, 0) is 40.7 Å². The third-order valence-electron chi connectivity index (χ3n) is 9.51. The second-order valence-corrected chi connectivity index (χ2v) is 13.1. The Bertz CT molecular complexity index is 1690. The lowest BCUT2D eigenvalue weighted by molar-refractivity contribution is -0.403. The van der Waals surface area contributed by atoms with Gasteiger partial charge in [0.1, 0.15) is 24.4 Å². The Morgan fingerprint density at radius 2 is 0.960 bits per heavy atom. The Labute approximate surface area is 295 Å². The zero-order chi connectivity index (χ0) is 33.9. The van der Waals surface area contributed by atoms with Gasteiger partial charge in [0.05, 0.1) is 39.1 Å². The van der Waals surface area contributed by atoms with Crippen molar-refractivity contribution in [2.24, 2.45) is 0 Å². The number of benzene rings is 5. The Hall–Kier alpha value is -4.14. The molecule has 6 heteroatoms. The summed E-state index contributed by atoms with van der Waals surface area (Å²) in [4.78, 5) is 0. The maximum atomic E-state index is 7.21. The van der Waals surface area contributed by atoms with Gasteiger partial charge < -0.3 is 28.4 Å². The van der Waals surface area contributed by atoms with Gasteiger partial charge in [0, 0.05) is 6.42 Å². The van der Waals surface area contributed by atoms with Crippen LogP contribution in [-0.2, 0) is 54.8 Å². The molecule has 0 aliphatic carbocycles. The molecule has 258 valence electrons. The van der Waals surface area contributed by atoms with Crippen LogP contribution in [0.3, 0.4) is 0 Å². The van der Waals surface area contributed by atoms with Crippen molar-refractivity contribution in [3.63, 3.8) is 0 Å². The fourth-order valence-electron chi connectivity index (χ4n) is 7.01. The monoisotopic (exact) mass is 670 g/mol. The highest BCUT2D eigenvalue weighted by atomic mass is 16.7. The molecule has 2 aliphatic heterocycles. The molecule has 0 amide bonds. The molecule has 0 saturated carbocycles. The molecular weight excluding hydrogens is 624 g/mol. The number of ether oxygens (including phenoxy) is 6. The average molecular weight is 671 g/mol. The summed E-state index contributed by atoms with van der Waals surface area (Å²) in [7, 11) is 0. The molecule has 0 aromatic heterocycles. The molecule has 7 rings (SSSR count). The van der Waals surface area contributed by atoms with Gasteiger partial charge in [0.15, 0.2) is 5.79 Å². The van der Waals surface area contributed by atoms with Crippen molar-refractivity contribution in [1.82, 2.24) is 0 Å². The molecule has 0 bridgehead atoms. The lowest BCUT2D eigenvalue weighted by Gasteiger charge is -2.54. The van der Waals surface area contributed by atoms with E-state index in [-0.39, 0.29) is 6.10 Å². The summed E-state index contributed by atoms with van der Waals surface area (Å²) in [6.07, 6.45) is 0.163. The van der Waals surface area contributed by atoms with Gasteiger partial charge in [-0.2, -0.15) is 0 Å². The topological polar surface area (TPSA) is 55.4 Å². The molecule has 2 saturated heterocycles. The molecule has 1 spiro atoms. The van der Waals surface area contributed by atoms with Gasteiger partial charge in [-0.1, -0.05) is 152 Å². The quantitative estimate of drug-likeness (QED) is 0.118. The lowest BCUT2D eigenvalue weighted by atomic mass is 9.85. The largest absolute Gasteiger partial charge is 0.374 e. The third-order valence-corrected chi connectivity index (χ3v) is 9.51. The summed E-state index contributed by atoms with van der Waals surface area (Å²) in [6.45, 7) is 1.91. The fraction of sp³-hybridized carbons (Fsp3) is 0.318. The Morgan fingerprint density at radius 3 is 1.50 bits per heavy atom. The minimum absolute atomic E-state index is 0.157. The molecular formula is C44H46O6. The number of rotatable bonds is 14. The van der Waals surface area contributed by atoms with Gasteiger partial charge in [-0.25, -0.2) is 0 Å². The van der Waals surface area contributed by atoms with Crippen LogP contribution >= 0.6 is 0 Å². The first-order chi connectivity index (χ1) is 24.8. The van der Waals surface area contributed by atoms with Crippen molar-refractivity contribution in [3.8, 4) is 0 Å². The van der Waals surface area contributed by atoms with Crippen molar-refractivity contribution < 1.29 is 28.4 Å². The average Bonchev–Trinajstić information content (AvgIpc) is 3.18. The van der Waals surface area contributed by atoms with Crippen molar-refractivity contribution in [3.05, 3.63) is 179 Å². The molecule has 0 N–H and O–H groups in total. The maximum absolute atomic E-state index is 7.21. The van der Waals surface area contributed by atoms with Crippen LogP contribution in [0.15, 0.2) is 152 Å². The first-order valence-electron chi connectivity index (χ1n) is 17.7. The molecule has 0 unspecified atom stereocenters. The van der Waals surface area contributed by atoms with Crippen molar-refractivity contribution >= 4 is 0 Å². The molecule has 2 aliphatic rings. The Kier molecular flexibility index (Phi) is 11.8. The van der Waals surface area contributed by atoms with Crippen LogP contribution in [0.2, 0.25) is 0 Å². The van der Waals surface area contributed by atoms with Crippen LogP contribution in [0, 0.1) is 0 Å². The van der Waals surface area contributed by atoms with Crippen LogP contribution < -0.4 is 0 Å². The third kappa shape index (κ3) is 8.77. The Morgan fingerprint density at radius 1 is 0.500 bits per heavy atom. The van der Waals surface area contributed by atoms with Gasteiger partial charge in [0.25, 0.3) is 0 Å². The molecule has 6 atom stereocenters. The highest BCUT2D eigenvalue weighted by molar-refractivity contribution is 5.20. The summed E-state index contributed by atoms with van der Waals surface area (Å²) < 4.78 is 41.5. The molecule has 5 aromatic rings. The van der Waals surface area contributed by atoms with E-state index >= 15 is 0 Å². The summed E-state index contributed by atoms with van der Waals surface area (Å²) in [5, 5.41) is 0. The highest BCUT2D eigenvalue weighted by Gasteiger charge is 2.59. The van der Waals surface area contributed by atoms with Gasteiger partial charge in [-0.3, -0.25) is 0 Å². The summed E-state index contributed by atoms with van der Waals surface area (Å²) in [6, 6.07) is 51.3. The van der Waals surface area contributed by atoms with E-state index in [9.17, 15) is 0 Å². The lowest BCUT2D eigenvalue weighted by Crippen LogP contribution is -2.68. The zero-order valence-corrected chi connectivity index (χ0v) is 28.4. The van der Waals surface area contributed by atoms with E-state index in [0.29, 0.717) is 39.5 Å². The summed E-state index contributed by atoms with van der Waals surface area (Å²) in [5.41, 5.74) is 5.42. The smallest absolute Gasteiger partial charge is 0.198 e. The normalized spacial score (nSPS) is 25.0. The minimum atomic E-state index is -1.09. The van der Waals surface area contributed by atoms with Crippen LogP contribution in [0.1, 0.15) is 53.2 Å².